The first kappa shape index (κ1) is 21.5. The van der Waals surface area contributed by atoms with E-state index in [0.717, 1.165) is 40.3 Å². The molecule has 0 saturated heterocycles. The summed E-state index contributed by atoms with van der Waals surface area (Å²) >= 11 is 2.68. The van der Waals surface area contributed by atoms with E-state index in [-0.39, 0.29) is 11.4 Å². The maximum atomic E-state index is 12.8. The highest BCUT2D eigenvalue weighted by Crippen LogP contribution is 2.33. The van der Waals surface area contributed by atoms with Crippen molar-refractivity contribution in [1.82, 2.24) is 9.47 Å². The zero-order valence-electron chi connectivity index (χ0n) is 18.1. The third kappa shape index (κ3) is 4.07. The molecule has 33 heavy (non-hydrogen) atoms. The van der Waals surface area contributed by atoms with Gasteiger partial charge < -0.3 is 4.57 Å². The number of amidine groups is 3. The van der Waals surface area contributed by atoms with Gasteiger partial charge in [-0.05, 0) is 49.2 Å². The summed E-state index contributed by atoms with van der Waals surface area (Å²) in [5.41, 5.74) is 5.45. The standard InChI is InChI=1S/C25H21N5OS2/c1-16-13-19(17(2)29(16)20-11-7-4-8-12-20)14-21-22(26)30-24(27-23(21)31)33-28-25(30)32-15-18-9-5-3-6-10-18/h3-14,26H,15H2,1-2H3/b21-14+,26-22?. The summed E-state index contributed by atoms with van der Waals surface area (Å²) < 4.78 is 6.61. The zero-order valence-corrected chi connectivity index (χ0v) is 19.8. The third-order valence-corrected chi connectivity index (χ3v) is 7.32. The molecule has 0 spiro atoms. The number of thioether (sulfide) groups is 1. The first-order valence-corrected chi connectivity index (χ1v) is 12.2. The van der Waals surface area contributed by atoms with Crippen LogP contribution in [0.2, 0.25) is 0 Å². The number of benzene rings is 2. The molecule has 3 aromatic rings. The second-order valence-corrected chi connectivity index (χ2v) is 9.35. The number of aryl methyl sites for hydroxylation is 1. The van der Waals surface area contributed by atoms with Gasteiger partial charge in [0.15, 0.2) is 5.17 Å². The number of amides is 1. The van der Waals surface area contributed by atoms with Gasteiger partial charge in [0.2, 0.25) is 5.17 Å². The summed E-state index contributed by atoms with van der Waals surface area (Å²) in [6.45, 7) is 4.06. The minimum atomic E-state index is -0.409. The molecule has 0 fully saturated rings. The third-order valence-electron chi connectivity index (χ3n) is 5.49. The van der Waals surface area contributed by atoms with Gasteiger partial charge in [0.05, 0.1) is 17.5 Å². The van der Waals surface area contributed by atoms with E-state index in [2.05, 4.69) is 38.2 Å². The smallest absolute Gasteiger partial charge is 0.283 e. The van der Waals surface area contributed by atoms with Crippen LogP contribution in [0, 0.1) is 19.3 Å². The minimum Gasteiger partial charge on any atom is -0.318 e. The SMILES string of the molecule is Cc1cc(/C=C2\C(=N)N3C(SCc4ccccc4)=NSC3=NC2=O)c(C)n1-c1ccccc1. The molecule has 1 amide bonds. The highest BCUT2D eigenvalue weighted by atomic mass is 32.2. The molecular formula is C25H21N5OS2. The van der Waals surface area contributed by atoms with Crippen molar-refractivity contribution in [3.63, 3.8) is 0 Å². The van der Waals surface area contributed by atoms with Crippen LogP contribution in [0.3, 0.4) is 0 Å². The highest BCUT2D eigenvalue weighted by molar-refractivity contribution is 8.18. The van der Waals surface area contributed by atoms with Crippen molar-refractivity contribution in [3.8, 4) is 5.69 Å². The van der Waals surface area contributed by atoms with Gasteiger partial charge in [-0.25, -0.2) is 4.90 Å². The molecule has 1 aromatic heterocycles. The van der Waals surface area contributed by atoms with Gasteiger partial charge in [0, 0.05) is 22.8 Å². The second kappa shape index (κ2) is 8.88. The first-order valence-electron chi connectivity index (χ1n) is 10.4. The van der Waals surface area contributed by atoms with Crippen molar-refractivity contribution in [3.05, 3.63) is 94.8 Å². The van der Waals surface area contributed by atoms with Crippen molar-refractivity contribution in [1.29, 1.82) is 5.41 Å². The van der Waals surface area contributed by atoms with E-state index in [1.54, 1.807) is 11.0 Å². The Hall–Kier alpha value is -3.36. The molecule has 0 unspecified atom stereocenters. The summed E-state index contributed by atoms with van der Waals surface area (Å²) in [4.78, 5) is 18.7. The number of fused-ring (bicyclic) bond motifs is 1. The van der Waals surface area contributed by atoms with E-state index in [9.17, 15) is 4.79 Å². The number of rotatable bonds is 4. The van der Waals surface area contributed by atoms with Gasteiger partial charge in [-0.1, -0.05) is 60.3 Å². The molecule has 0 bridgehead atoms. The molecule has 0 atom stereocenters. The van der Waals surface area contributed by atoms with E-state index >= 15 is 0 Å². The van der Waals surface area contributed by atoms with E-state index in [0.29, 0.717) is 10.3 Å². The van der Waals surface area contributed by atoms with Crippen LogP contribution in [0.5, 0.6) is 0 Å². The molecule has 2 aliphatic heterocycles. The molecule has 0 aliphatic carbocycles. The quantitative estimate of drug-likeness (QED) is 0.397. The fraction of sp³-hybridized carbons (Fsp3) is 0.120. The van der Waals surface area contributed by atoms with Crippen molar-refractivity contribution in [2.75, 3.05) is 0 Å². The molecule has 3 heterocycles. The lowest BCUT2D eigenvalue weighted by Gasteiger charge is -2.24. The molecular weight excluding hydrogens is 450 g/mol. The van der Waals surface area contributed by atoms with Crippen LogP contribution in [0.25, 0.3) is 11.8 Å². The van der Waals surface area contributed by atoms with Gasteiger partial charge in [-0.15, -0.1) is 0 Å². The molecule has 1 N–H and O–H groups in total. The number of aliphatic imine (C=N–C) groups is 1. The zero-order chi connectivity index (χ0) is 22.9. The van der Waals surface area contributed by atoms with Crippen LogP contribution in [-0.4, -0.2) is 31.5 Å². The Labute approximate surface area is 200 Å². The van der Waals surface area contributed by atoms with Gasteiger partial charge in [-0.2, -0.15) is 9.39 Å². The van der Waals surface area contributed by atoms with Gasteiger partial charge in [0.1, 0.15) is 5.84 Å². The Balaban J connectivity index is 1.44. The molecule has 8 heteroatoms. The normalized spacial score (nSPS) is 16.8. The summed E-state index contributed by atoms with van der Waals surface area (Å²) in [5.74, 6) is 0.425. The van der Waals surface area contributed by atoms with Crippen molar-refractivity contribution < 1.29 is 4.79 Å². The van der Waals surface area contributed by atoms with Gasteiger partial charge in [-0.3, -0.25) is 10.2 Å². The van der Waals surface area contributed by atoms with E-state index in [1.807, 2.05) is 56.3 Å². The number of carbonyl (C=O) groups is 1. The maximum absolute atomic E-state index is 12.8. The average molecular weight is 472 g/mol. The molecule has 0 saturated carbocycles. The minimum absolute atomic E-state index is 0.110. The average Bonchev–Trinajstić information content (AvgIpc) is 3.36. The molecule has 2 aliphatic rings. The lowest BCUT2D eigenvalue weighted by molar-refractivity contribution is -0.114. The summed E-state index contributed by atoms with van der Waals surface area (Å²) in [7, 11) is 0. The van der Waals surface area contributed by atoms with Crippen molar-refractivity contribution >= 4 is 51.9 Å². The van der Waals surface area contributed by atoms with Crippen LogP contribution in [0.4, 0.5) is 0 Å². The lowest BCUT2D eigenvalue weighted by atomic mass is 10.1. The van der Waals surface area contributed by atoms with Crippen molar-refractivity contribution in [2.45, 2.75) is 19.6 Å². The Morgan fingerprint density at radius 1 is 1.06 bits per heavy atom. The van der Waals surface area contributed by atoms with Crippen LogP contribution < -0.4 is 0 Å². The van der Waals surface area contributed by atoms with Crippen molar-refractivity contribution in [2.24, 2.45) is 9.39 Å². The predicted octanol–water partition coefficient (Wildman–Crippen LogP) is 5.60. The van der Waals surface area contributed by atoms with E-state index < -0.39 is 5.91 Å². The fourth-order valence-corrected chi connectivity index (χ4v) is 5.68. The number of carbonyl (C=O) groups excluding carboxylic acids is 1. The van der Waals surface area contributed by atoms with Crippen LogP contribution in [0.15, 0.2) is 81.7 Å². The summed E-state index contributed by atoms with van der Waals surface area (Å²) in [6.07, 6.45) is 1.77. The number of para-hydroxylation sites is 1. The van der Waals surface area contributed by atoms with E-state index in [1.165, 1.54) is 17.3 Å². The first-order chi connectivity index (χ1) is 16.0. The number of nitrogens with zero attached hydrogens (tertiary/aromatic N) is 4. The topological polar surface area (TPSA) is 73.8 Å². The molecule has 2 aromatic carbocycles. The Morgan fingerprint density at radius 3 is 2.48 bits per heavy atom. The molecule has 0 radical (unpaired) electrons. The Morgan fingerprint density at radius 2 is 1.76 bits per heavy atom. The van der Waals surface area contributed by atoms with Crippen LogP contribution in [0.1, 0.15) is 22.5 Å². The van der Waals surface area contributed by atoms with Gasteiger partial charge >= 0.3 is 0 Å². The monoisotopic (exact) mass is 471 g/mol. The molecule has 5 rings (SSSR count). The maximum Gasteiger partial charge on any atom is 0.283 e. The van der Waals surface area contributed by atoms with Gasteiger partial charge in [0.25, 0.3) is 5.91 Å². The molecule has 6 nitrogen and oxygen atoms in total. The largest absolute Gasteiger partial charge is 0.318 e. The Kier molecular flexibility index (Phi) is 5.78. The number of hydrogen-bond acceptors (Lipinski definition) is 5. The number of aromatic nitrogens is 1. The second-order valence-electron chi connectivity index (χ2n) is 7.68. The summed E-state index contributed by atoms with van der Waals surface area (Å²) in [6, 6.07) is 22.2. The predicted molar refractivity (Wildman–Crippen MR) is 138 cm³/mol. The van der Waals surface area contributed by atoms with E-state index in [4.69, 9.17) is 5.41 Å². The highest BCUT2D eigenvalue weighted by Gasteiger charge is 2.37. The lowest BCUT2D eigenvalue weighted by Crippen LogP contribution is -2.41. The molecule has 164 valence electrons. The van der Waals surface area contributed by atoms with Crippen LogP contribution >= 0.6 is 23.7 Å². The number of nitrogens with one attached hydrogen (secondary N) is 1. The fourth-order valence-electron chi connectivity index (χ4n) is 3.88. The number of hydrogen-bond donors (Lipinski definition) is 1. The summed E-state index contributed by atoms with van der Waals surface area (Å²) in [5, 5.41) is 9.91. The van der Waals surface area contributed by atoms with Crippen LogP contribution in [-0.2, 0) is 10.5 Å². The Bertz CT molecular complexity index is 1340.